The van der Waals surface area contributed by atoms with Crippen molar-refractivity contribution in [1.29, 1.82) is 0 Å². The molecule has 0 spiro atoms. The molecule has 158 valence electrons. The second-order valence-corrected chi connectivity index (χ2v) is 8.12. The number of hydrogen-bond donors (Lipinski definition) is 1. The number of nitrogens with one attached hydrogen (secondary N) is 1. The summed E-state index contributed by atoms with van der Waals surface area (Å²) < 4.78 is 0. The first kappa shape index (κ1) is 19.6. The van der Waals surface area contributed by atoms with Gasteiger partial charge in [0.05, 0.1) is 16.7 Å². The highest BCUT2D eigenvalue weighted by Crippen LogP contribution is 2.26. The number of allylic oxidation sites excluding steroid dienone is 6. The van der Waals surface area contributed by atoms with Gasteiger partial charge in [0.15, 0.2) is 0 Å². The number of aromatic amines is 1. The summed E-state index contributed by atoms with van der Waals surface area (Å²) in [4.78, 5) is 27.5. The summed E-state index contributed by atoms with van der Waals surface area (Å²) in [5.41, 5.74) is 5.76. The Hall–Kier alpha value is -3.38. The molecular formula is C25H27N5O. The minimum absolute atomic E-state index is 0.0412. The molecule has 1 aromatic carbocycles. The van der Waals surface area contributed by atoms with Crippen LogP contribution in [0.5, 0.6) is 0 Å². The van der Waals surface area contributed by atoms with E-state index in [1.54, 1.807) is 11.0 Å². The third-order valence-corrected chi connectivity index (χ3v) is 6.14. The number of carbonyl (C=O) groups is 1. The molecule has 0 radical (unpaired) electrons. The van der Waals surface area contributed by atoms with Crippen LogP contribution in [-0.2, 0) is 4.79 Å². The van der Waals surface area contributed by atoms with Crippen molar-refractivity contribution in [3.05, 3.63) is 83.6 Å². The van der Waals surface area contributed by atoms with E-state index >= 15 is 0 Å². The van der Waals surface area contributed by atoms with Crippen molar-refractivity contribution in [2.45, 2.75) is 13.8 Å². The maximum Gasteiger partial charge on any atom is 0.255 e. The lowest BCUT2D eigenvalue weighted by Gasteiger charge is -2.37. The number of amides is 1. The molecule has 4 heterocycles. The summed E-state index contributed by atoms with van der Waals surface area (Å²) in [6, 6.07) is 6.06. The molecule has 1 amide bonds. The molecule has 0 bridgehead atoms. The summed E-state index contributed by atoms with van der Waals surface area (Å²) in [7, 11) is 0. The fraction of sp³-hybridized carbons (Fsp3) is 0.280. The SMILES string of the molecule is CCN1CCN(C2=CN3C(=O)\C=C(c4ccc5nc(C)[nH]c5c4)/C=C/C=C/3C=C2)CC1. The molecule has 5 rings (SSSR count). The molecule has 1 saturated heterocycles. The molecule has 6 heteroatoms. The number of fused-ring (bicyclic) bond motifs is 2. The second-order valence-electron chi connectivity index (χ2n) is 8.12. The highest BCUT2D eigenvalue weighted by atomic mass is 16.2. The molecule has 31 heavy (non-hydrogen) atoms. The fourth-order valence-corrected chi connectivity index (χ4v) is 4.33. The highest BCUT2D eigenvalue weighted by Gasteiger charge is 2.23. The van der Waals surface area contributed by atoms with Crippen LogP contribution in [0.4, 0.5) is 0 Å². The average molecular weight is 414 g/mol. The lowest BCUT2D eigenvalue weighted by atomic mass is 10.0. The van der Waals surface area contributed by atoms with Gasteiger partial charge >= 0.3 is 0 Å². The van der Waals surface area contributed by atoms with Gasteiger partial charge in [-0.05, 0) is 55.0 Å². The predicted molar refractivity (Wildman–Crippen MR) is 124 cm³/mol. The number of carbonyl (C=O) groups excluding carboxylic acids is 1. The van der Waals surface area contributed by atoms with Crippen LogP contribution >= 0.6 is 0 Å². The number of H-pyrrole nitrogens is 1. The van der Waals surface area contributed by atoms with Gasteiger partial charge in [0, 0.05) is 44.2 Å². The normalized spacial score (nSPS) is 24.1. The molecule has 1 fully saturated rings. The molecule has 1 aromatic heterocycles. The van der Waals surface area contributed by atoms with Crippen LogP contribution in [0.2, 0.25) is 0 Å². The van der Waals surface area contributed by atoms with Gasteiger partial charge < -0.3 is 14.8 Å². The maximum atomic E-state index is 13.2. The van der Waals surface area contributed by atoms with Crippen molar-refractivity contribution in [3.63, 3.8) is 0 Å². The Kier molecular flexibility index (Phi) is 5.08. The van der Waals surface area contributed by atoms with E-state index < -0.39 is 0 Å². The first-order valence-corrected chi connectivity index (χ1v) is 10.9. The van der Waals surface area contributed by atoms with E-state index in [0.29, 0.717) is 0 Å². The van der Waals surface area contributed by atoms with Crippen LogP contribution in [0.3, 0.4) is 0 Å². The van der Waals surface area contributed by atoms with Crippen LogP contribution in [0.1, 0.15) is 18.3 Å². The van der Waals surface area contributed by atoms with Crippen molar-refractivity contribution in [3.8, 4) is 0 Å². The zero-order chi connectivity index (χ0) is 21.4. The molecule has 0 aliphatic carbocycles. The lowest BCUT2D eigenvalue weighted by molar-refractivity contribution is -0.122. The van der Waals surface area contributed by atoms with Crippen molar-refractivity contribution >= 4 is 22.5 Å². The highest BCUT2D eigenvalue weighted by molar-refractivity contribution is 6.00. The third-order valence-electron chi connectivity index (χ3n) is 6.14. The number of rotatable bonds is 3. The number of benzene rings is 1. The van der Waals surface area contributed by atoms with Gasteiger partial charge in [0.2, 0.25) is 0 Å². The monoisotopic (exact) mass is 413 g/mol. The molecule has 6 nitrogen and oxygen atoms in total. The smallest absolute Gasteiger partial charge is 0.255 e. The Morgan fingerprint density at radius 3 is 2.68 bits per heavy atom. The Morgan fingerprint density at radius 1 is 1.06 bits per heavy atom. The number of nitrogens with zero attached hydrogens (tertiary/aromatic N) is 4. The van der Waals surface area contributed by atoms with Crippen LogP contribution in [0, 0.1) is 6.92 Å². The first-order valence-electron chi connectivity index (χ1n) is 10.9. The average Bonchev–Trinajstić information content (AvgIpc) is 3.16. The van der Waals surface area contributed by atoms with E-state index in [1.165, 1.54) is 0 Å². The summed E-state index contributed by atoms with van der Waals surface area (Å²) in [6.45, 7) is 9.31. The molecule has 3 aliphatic rings. The summed E-state index contributed by atoms with van der Waals surface area (Å²) >= 11 is 0. The quantitative estimate of drug-likeness (QED) is 0.836. The zero-order valence-corrected chi connectivity index (χ0v) is 18.0. The van der Waals surface area contributed by atoms with E-state index in [0.717, 1.165) is 72.1 Å². The molecular weight excluding hydrogens is 386 g/mol. The number of aromatic nitrogens is 2. The minimum atomic E-state index is -0.0412. The topological polar surface area (TPSA) is 55.5 Å². The van der Waals surface area contributed by atoms with Crippen molar-refractivity contribution in [2.75, 3.05) is 32.7 Å². The number of likely N-dealkylation sites (N-methyl/N-ethyl adjacent to an activating group) is 1. The molecule has 0 unspecified atom stereocenters. The van der Waals surface area contributed by atoms with Gasteiger partial charge in [0.25, 0.3) is 5.91 Å². The maximum absolute atomic E-state index is 13.2. The van der Waals surface area contributed by atoms with Gasteiger partial charge in [-0.15, -0.1) is 0 Å². The minimum Gasteiger partial charge on any atom is -0.368 e. The number of aryl methyl sites for hydroxylation is 1. The lowest BCUT2D eigenvalue weighted by Crippen LogP contribution is -2.46. The molecule has 2 aromatic rings. The van der Waals surface area contributed by atoms with Crippen molar-refractivity contribution in [2.24, 2.45) is 0 Å². The van der Waals surface area contributed by atoms with E-state index in [9.17, 15) is 4.79 Å². The molecule has 3 aliphatic heterocycles. The third kappa shape index (κ3) is 3.86. The van der Waals surface area contributed by atoms with E-state index in [2.05, 4.69) is 38.8 Å². The number of hydrogen-bond acceptors (Lipinski definition) is 4. The molecule has 0 atom stereocenters. The Morgan fingerprint density at radius 2 is 1.87 bits per heavy atom. The Balaban J connectivity index is 1.43. The fourth-order valence-electron chi connectivity index (χ4n) is 4.33. The van der Waals surface area contributed by atoms with Gasteiger partial charge in [-0.25, -0.2) is 4.98 Å². The zero-order valence-electron chi connectivity index (χ0n) is 18.0. The van der Waals surface area contributed by atoms with Gasteiger partial charge in [-0.3, -0.25) is 9.69 Å². The van der Waals surface area contributed by atoms with E-state index in [4.69, 9.17) is 0 Å². The summed E-state index contributed by atoms with van der Waals surface area (Å²) in [5, 5.41) is 0. The number of piperazine rings is 1. The van der Waals surface area contributed by atoms with Gasteiger partial charge in [-0.2, -0.15) is 0 Å². The summed E-state index contributed by atoms with van der Waals surface area (Å²) in [6.07, 6.45) is 13.8. The Bertz CT molecular complexity index is 1170. The summed E-state index contributed by atoms with van der Waals surface area (Å²) in [5.74, 6) is 0.844. The molecule has 1 N–H and O–H groups in total. The molecule has 0 saturated carbocycles. The Labute approximate surface area is 182 Å². The number of imidazole rings is 1. The predicted octanol–water partition coefficient (Wildman–Crippen LogP) is 3.59. The van der Waals surface area contributed by atoms with Crippen LogP contribution in [-0.4, -0.2) is 63.3 Å². The van der Waals surface area contributed by atoms with Crippen molar-refractivity contribution in [1.82, 2.24) is 24.7 Å². The standard InChI is InChI=1S/C25H27N5O/c1-3-28-11-13-29(14-12-28)22-9-8-21-6-4-5-19(16-25(31)30(21)17-22)20-7-10-23-24(15-20)27-18(2)26-23/h4-10,15-17H,3,11-14H2,1-2H3,(H,26,27)/b5-4+,19-16+,21-6+. The first-order chi connectivity index (χ1) is 15.1. The van der Waals surface area contributed by atoms with E-state index in [1.807, 2.05) is 49.6 Å². The van der Waals surface area contributed by atoms with Gasteiger partial charge in [-0.1, -0.05) is 25.1 Å². The van der Waals surface area contributed by atoms with Crippen LogP contribution < -0.4 is 0 Å². The van der Waals surface area contributed by atoms with Gasteiger partial charge in [0.1, 0.15) is 5.82 Å². The van der Waals surface area contributed by atoms with Crippen molar-refractivity contribution < 1.29 is 4.79 Å². The van der Waals surface area contributed by atoms with Crippen LogP contribution in [0.25, 0.3) is 16.6 Å². The van der Waals surface area contributed by atoms with Crippen LogP contribution in [0.15, 0.2) is 72.2 Å². The van der Waals surface area contributed by atoms with E-state index in [-0.39, 0.29) is 5.91 Å². The second kappa shape index (κ2) is 8.04. The largest absolute Gasteiger partial charge is 0.368 e.